The molecule has 0 fully saturated rings. The van der Waals surface area contributed by atoms with Gasteiger partial charge in [0, 0.05) is 0 Å². The normalized spacial score (nSPS) is 12.3. The van der Waals surface area contributed by atoms with Crippen molar-refractivity contribution in [1.29, 1.82) is 0 Å². The van der Waals surface area contributed by atoms with Crippen LogP contribution in [0, 0.1) is 0 Å². The first-order valence-electron chi connectivity index (χ1n) is 8.07. The Bertz CT molecular complexity index is 348. The highest BCUT2D eigenvalue weighted by Crippen LogP contribution is 2.08. The zero-order chi connectivity index (χ0) is 16.1. The van der Waals surface area contributed by atoms with Crippen LogP contribution in [0.3, 0.4) is 0 Å². The van der Waals surface area contributed by atoms with Gasteiger partial charge < -0.3 is 4.74 Å². The predicted octanol–water partition coefficient (Wildman–Crippen LogP) is 6.39. The summed E-state index contributed by atoms with van der Waals surface area (Å²) < 4.78 is 5.65. The van der Waals surface area contributed by atoms with E-state index in [1.54, 1.807) is 0 Å². The van der Waals surface area contributed by atoms with Crippen LogP contribution < -0.4 is 0 Å². The van der Waals surface area contributed by atoms with Gasteiger partial charge in [-0.1, -0.05) is 46.6 Å². The first kappa shape index (κ1) is 19.9. The van der Waals surface area contributed by atoms with Crippen LogP contribution in [0.15, 0.2) is 46.6 Å². The minimum absolute atomic E-state index is 0.721. The van der Waals surface area contributed by atoms with Gasteiger partial charge in [-0.3, -0.25) is 0 Å². The van der Waals surface area contributed by atoms with Crippen LogP contribution in [-0.2, 0) is 4.74 Å². The van der Waals surface area contributed by atoms with Gasteiger partial charge in [-0.05, 0) is 67.2 Å². The van der Waals surface area contributed by atoms with Crippen molar-refractivity contribution >= 4 is 0 Å². The van der Waals surface area contributed by atoms with Crippen molar-refractivity contribution in [2.24, 2.45) is 0 Å². The molecule has 0 aromatic heterocycles. The topological polar surface area (TPSA) is 9.23 Å². The number of hydrogen-bond donors (Lipinski definition) is 0. The monoisotopic (exact) mass is 290 g/mol. The third-order valence-corrected chi connectivity index (χ3v) is 3.28. The molecule has 0 heterocycles. The van der Waals surface area contributed by atoms with Crippen LogP contribution in [0.1, 0.15) is 67.2 Å². The van der Waals surface area contributed by atoms with Crippen molar-refractivity contribution < 1.29 is 4.74 Å². The zero-order valence-corrected chi connectivity index (χ0v) is 15.0. The molecule has 0 N–H and O–H groups in total. The van der Waals surface area contributed by atoms with E-state index in [2.05, 4.69) is 65.8 Å². The fourth-order valence-electron chi connectivity index (χ4n) is 1.85. The van der Waals surface area contributed by atoms with Gasteiger partial charge in [-0.2, -0.15) is 0 Å². The molecule has 0 aliphatic heterocycles. The average molecular weight is 290 g/mol. The maximum absolute atomic E-state index is 5.65. The molecule has 0 aliphatic rings. The second-order valence-corrected chi connectivity index (χ2v) is 6.28. The molecule has 0 amide bonds. The Morgan fingerprint density at radius 3 is 1.33 bits per heavy atom. The maximum atomic E-state index is 5.65. The van der Waals surface area contributed by atoms with Gasteiger partial charge in [0.15, 0.2) is 0 Å². The molecule has 0 saturated carbocycles. The van der Waals surface area contributed by atoms with Gasteiger partial charge >= 0.3 is 0 Å². The van der Waals surface area contributed by atoms with Gasteiger partial charge in [-0.15, -0.1) is 0 Å². The SMILES string of the molecule is CC(C)=CCC/C(C)=C/COC/C=C(\C)CCC=C(C)C. The van der Waals surface area contributed by atoms with E-state index >= 15 is 0 Å². The van der Waals surface area contributed by atoms with E-state index in [4.69, 9.17) is 4.74 Å². The molecule has 120 valence electrons. The fourth-order valence-corrected chi connectivity index (χ4v) is 1.85. The summed E-state index contributed by atoms with van der Waals surface area (Å²) in [5.74, 6) is 0. The average Bonchev–Trinajstić information content (AvgIpc) is 2.37. The maximum Gasteiger partial charge on any atom is 0.0654 e. The second-order valence-electron chi connectivity index (χ2n) is 6.28. The van der Waals surface area contributed by atoms with E-state index in [1.165, 1.54) is 22.3 Å². The summed E-state index contributed by atoms with van der Waals surface area (Å²) in [4.78, 5) is 0. The minimum Gasteiger partial charge on any atom is -0.373 e. The molecule has 0 rings (SSSR count). The Balaban J connectivity index is 3.78. The molecule has 1 heteroatoms. The van der Waals surface area contributed by atoms with Crippen LogP contribution in [-0.4, -0.2) is 13.2 Å². The van der Waals surface area contributed by atoms with E-state index in [0.29, 0.717) is 0 Å². The smallest absolute Gasteiger partial charge is 0.0654 e. The molecule has 0 aromatic carbocycles. The third kappa shape index (κ3) is 15.1. The number of allylic oxidation sites excluding steroid dienone is 6. The van der Waals surface area contributed by atoms with Crippen molar-refractivity contribution in [1.82, 2.24) is 0 Å². The fraction of sp³-hybridized carbons (Fsp3) is 0.600. The third-order valence-electron chi connectivity index (χ3n) is 3.28. The van der Waals surface area contributed by atoms with Crippen molar-refractivity contribution in [3.63, 3.8) is 0 Å². The standard InChI is InChI=1S/C20H34O/c1-17(2)9-7-11-19(5)13-15-21-16-14-20(6)12-8-10-18(3)4/h9-10,13-14H,7-8,11-12,15-16H2,1-6H3/b19-13+,20-14+. The second kappa shape index (κ2) is 12.6. The molecular formula is C20H34O. The summed E-state index contributed by atoms with van der Waals surface area (Å²) in [6.45, 7) is 14.4. The first-order chi connectivity index (χ1) is 9.91. The highest BCUT2D eigenvalue weighted by atomic mass is 16.5. The van der Waals surface area contributed by atoms with E-state index < -0.39 is 0 Å². The molecule has 0 radical (unpaired) electrons. The summed E-state index contributed by atoms with van der Waals surface area (Å²) >= 11 is 0. The number of hydrogen-bond acceptors (Lipinski definition) is 1. The van der Waals surface area contributed by atoms with Gasteiger partial charge in [0.2, 0.25) is 0 Å². The summed E-state index contributed by atoms with van der Waals surface area (Å²) in [5.41, 5.74) is 5.62. The summed E-state index contributed by atoms with van der Waals surface area (Å²) in [6, 6.07) is 0. The highest BCUT2D eigenvalue weighted by molar-refractivity contribution is 5.03. The molecule has 21 heavy (non-hydrogen) atoms. The molecule has 0 spiro atoms. The first-order valence-corrected chi connectivity index (χ1v) is 8.07. The highest BCUT2D eigenvalue weighted by Gasteiger charge is 1.91. The lowest BCUT2D eigenvalue weighted by Crippen LogP contribution is -1.93. The van der Waals surface area contributed by atoms with Gasteiger partial charge in [0.1, 0.15) is 0 Å². The Morgan fingerprint density at radius 1 is 0.619 bits per heavy atom. The Morgan fingerprint density at radius 2 is 1.00 bits per heavy atom. The van der Waals surface area contributed by atoms with Crippen LogP contribution in [0.25, 0.3) is 0 Å². The molecule has 0 bridgehead atoms. The molecule has 0 atom stereocenters. The van der Waals surface area contributed by atoms with Crippen LogP contribution >= 0.6 is 0 Å². The van der Waals surface area contributed by atoms with E-state index in [0.717, 1.165) is 38.9 Å². The van der Waals surface area contributed by atoms with Crippen molar-refractivity contribution in [2.75, 3.05) is 13.2 Å². The number of ether oxygens (including phenoxy) is 1. The lowest BCUT2D eigenvalue weighted by molar-refractivity contribution is 0.192. The Hall–Kier alpha value is -1.08. The van der Waals surface area contributed by atoms with E-state index in [-0.39, 0.29) is 0 Å². The number of rotatable bonds is 10. The van der Waals surface area contributed by atoms with Crippen molar-refractivity contribution in [3.8, 4) is 0 Å². The zero-order valence-electron chi connectivity index (χ0n) is 15.0. The van der Waals surface area contributed by atoms with Crippen molar-refractivity contribution in [2.45, 2.75) is 67.2 Å². The van der Waals surface area contributed by atoms with E-state index in [9.17, 15) is 0 Å². The quantitative estimate of drug-likeness (QED) is 0.334. The van der Waals surface area contributed by atoms with Crippen LogP contribution in [0.2, 0.25) is 0 Å². The predicted molar refractivity (Wildman–Crippen MR) is 95.7 cm³/mol. The lowest BCUT2D eigenvalue weighted by atomic mass is 10.1. The van der Waals surface area contributed by atoms with Gasteiger partial charge in [0.25, 0.3) is 0 Å². The Kier molecular flexibility index (Phi) is 12.0. The van der Waals surface area contributed by atoms with Crippen molar-refractivity contribution in [3.05, 3.63) is 46.6 Å². The van der Waals surface area contributed by atoms with E-state index in [1.807, 2.05) is 0 Å². The summed E-state index contributed by atoms with van der Waals surface area (Å²) in [5, 5.41) is 0. The molecular weight excluding hydrogens is 256 g/mol. The summed E-state index contributed by atoms with van der Waals surface area (Å²) in [6.07, 6.45) is 13.5. The van der Waals surface area contributed by atoms with Gasteiger partial charge in [-0.25, -0.2) is 0 Å². The molecule has 0 saturated heterocycles. The summed E-state index contributed by atoms with van der Waals surface area (Å²) in [7, 11) is 0. The molecule has 0 aromatic rings. The van der Waals surface area contributed by atoms with Crippen LogP contribution in [0.5, 0.6) is 0 Å². The van der Waals surface area contributed by atoms with Gasteiger partial charge in [0.05, 0.1) is 13.2 Å². The lowest BCUT2D eigenvalue weighted by Gasteiger charge is -2.02. The van der Waals surface area contributed by atoms with Crippen LogP contribution in [0.4, 0.5) is 0 Å². The largest absolute Gasteiger partial charge is 0.373 e. The Labute approximate surface area is 132 Å². The minimum atomic E-state index is 0.721. The molecule has 1 nitrogen and oxygen atoms in total. The molecule has 0 unspecified atom stereocenters. The molecule has 0 aliphatic carbocycles.